The number of guanidine groups is 1. The Hall–Kier alpha value is -3.35. The Kier molecular flexibility index (Phi) is 7.10. The average molecular weight is 521 g/mol. The van der Waals surface area contributed by atoms with Gasteiger partial charge in [0.25, 0.3) is 0 Å². The van der Waals surface area contributed by atoms with Gasteiger partial charge in [0, 0.05) is 24.6 Å². The van der Waals surface area contributed by atoms with Gasteiger partial charge in [0.05, 0.1) is 12.1 Å². The van der Waals surface area contributed by atoms with Gasteiger partial charge in [-0.1, -0.05) is 5.16 Å². The number of rotatable bonds is 3. The minimum absolute atomic E-state index is 0.0527. The van der Waals surface area contributed by atoms with E-state index in [9.17, 15) is 19.6 Å². The Bertz CT molecular complexity index is 1070. The molecule has 3 heterocycles. The lowest BCUT2D eigenvalue weighted by Crippen LogP contribution is -2.51. The molecule has 0 unspecified atom stereocenters. The highest BCUT2D eigenvalue weighted by atomic mass is 16.6. The van der Waals surface area contributed by atoms with Gasteiger partial charge in [-0.2, -0.15) is 0 Å². The molecular weight excluding hydrogens is 484 g/mol. The van der Waals surface area contributed by atoms with E-state index in [1.165, 1.54) is 0 Å². The van der Waals surface area contributed by atoms with Crippen LogP contribution in [0.15, 0.2) is 15.6 Å². The third kappa shape index (κ3) is 6.51. The lowest BCUT2D eigenvalue weighted by molar-refractivity contribution is -0.0584. The van der Waals surface area contributed by atoms with E-state index in [1.807, 2.05) is 6.07 Å². The van der Waals surface area contributed by atoms with Crippen molar-refractivity contribution in [3.05, 3.63) is 17.5 Å². The van der Waals surface area contributed by atoms with E-state index < -0.39 is 29.4 Å². The second-order valence-corrected chi connectivity index (χ2v) is 11.8. The lowest BCUT2D eigenvalue weighted by Gasteiger charge is -2.35. The van der Waals surface area contributed by atoms with Crippen LogP contribution in [-0.2, 0) is 9.47 Å². The maximum atomic E-state index is 12.3. The first kappa shape index (κ1) is 26.7. The molecule has 3 fully saturated rings. The molecule has 1 aromatic heterocycles. The van der Waals surface area contributed by atoms with Crippen molar-refractivity contribution >= 4 is 24.2 Å². The summed E-state index contributed by atoms with van der Waals surface area (Å²) in [5.74, 6) is 0.722. The Morgan fingerprint density at radius 3 is 2.46 bits per heavy atom. The van der Waals surface area contributed by atoms with E-state index in [2.05, 4.69) is 20.8 Å². The molecule has 0 spiro atoms. The molecule has 0 aromatic carbocycles. The fraction of sp³-hybridized carbons (Fsp3) is 0.708. The number of hydroxylamine groups is 2. The fourth-order valence-corrected chi connectivity index (χ4v) is 4.65. The van der Waals surface area contributed by atoms with E-state index >= 15 is 0 Å². The van der Waals surface area contributed by atoms with Crippen molar-refractivity contribution in [2.75, 3.05) is 6.54 Å². The predicted octanol–water partition coefficient (Wildman–Crippen LogP) is 3.66. The number of nitrogens with one attached hydrogen (secondary N) is 2. The third-order valence-corrected chi connectivity index (χ3v) is 6.33. The Morgan fingerprint density at radius 1 is 1.14 bits per heavy atom. The molecule has 37 heavy (non-hydrogen) atoms. The van der Waals surface area contributed by atoms with Gasteiger partial charge in [0.2, 0.25) is 5.96 Å². The highest BCUT2D eigenvalue weighted by molar-refractivity contribution is 5.99. The molecule has 13 heteroatoms. The van der Waals surface area contributed by atoms with Crippen LogP contribution in [0.25, 0.3) is 0 Å². The quantitative estimate of drug-likeness (QED) is 0.307. The van der Waals surface area contributed by atoms with Crippen molar-refractivity contribution in [1.82, 2.24) is 25.8 Å². The monoisotopic (exact) mass is 520 g/mol. The van der Waals surface area contributed by atoms with Crippen LogP contribution < -0.4 is 10.6 Å². The van der Waals surface area contributed by atoms with Crippen LogP contribution >= 0.6 is 0 Å². The summed E-state index contributed by atoms with van der Waals surface area (Å²) in [7, 11) is 0. The number of fused-ring (bicyclic) bond motifs is 2. The summed E-state index contributed by atoms with van der Waals surface area (Å²) in [6, 6.07) is 0.985. The normalized spacial score (nSPS) is 26.0. The van der Waals surface area contributed by atoms with Crippen LogP contribution in [0.3, 0.4) is 0 Å². The summed E-state index contributed by atoms with van der Waals surface area (Å²) >= 11 is 0. The van der Waals surface area contributed by atoms with Crippen LogP contribution in [0.5, 0.6) is 0 Å². The van der Waals surface area contributed by atoms with Gasteiger partial charge in [0.1, 0.15) is 22.7 Å². The number of amides is 4. The van der Waals surface area contributed by atoms with Gasteiger partial charge in [-0.15, -0.1) is 4.99 Å². The molecule has 2 bridgehead atoms. The Labute approximate surface area is 215 Å². The van der Waals surface area contributed by atoms with Gasteiger partial charge in [-0.25, -0.2) is 19.4 Å². The SMILES string of the molecule is CC(C)(C)OC(=O)/N=C(/NC(=O)OC(C)(C)C)N[C@H]1C[C@@H](c2cc([C@@H]3CC[C@H]4CN3C(=O)N4O)no2)C1. The third-order valence-electron chi connectivity index (χ3n) is 6.33. The summed E-state index contributed by atoms with van der Waals surface area (Å²) in [6.07, 6.45) is 1.12. The molecule has 2 saturated heterocycles. The summed E-state index contributed by atoms with van der Waals surface area (Å²) in [5, 5.41) is 20.5. The molecule has 4 rings (SSSR count). The largest absolute Gasteiger partial charge is 0.444 e. The summed E-state index contributed by atoms with van der Waals surface area (Å²) in [6.45, 7) is 10.8. The first-order valence-electron chi connectivity index (χ1n) is 12.5. The van der Waals surface area contributed by atoms with E-state index in [-0.39, 0.29) is 30.0 Å². The summed E-state index contributed by atoms with van der Waals surface area (Å²) in [5.41, 5.74) is -0.786. The zero-order valence-corrected chi connectivity index (χ0v) is 22.1. The first-order chi connectivity index (χ1) is 17.2. The first-order valence-corrected chi connectivity index (χ1v) is 12.5. The van der Waals surface area contributed by atoms with Gasteiger partial charge in [-0.05, 0) is 67.2 Å². The molecule has 0 radical (unpaired) electrons. The van der Waals surface area contributed by atoms with Gasteiger partial charge in [0.15, 0.2) is 0 Å². The van der Waals surface area contributed by atoms with Crippen LogP contribution in [-0.4, -0.2) is 74.3 Å². The number of nitrogens with zero attached hydrogens (tertiary/aromatic N) is 4. The molecule has 4 amide bonds. The van der Waals surface area contributed by atoms with Crippen LogP contribution in [0.1, 0.15) is 90.6 Å². The number of alkyl carbamates (subject to hydrolysis) is 1. The predicted molar refractivity (Wildman–Crippen MR) is 130 cm³/mol. The van der Waals surface area contributed by atoms with Crippen LogP contribution in [0.4, 0.5) is 14.4 Å². The molecular formula is C24H36N6O7. The van der Waals surface area contributed by atoms with Gasteiger partial charge < -0.3 is 24.2 Å². The second kappa shape index (κ2) is 9.84. The Morgan fingerprint density at radius 2 is 1.81 bits per heavy atom. The number of carbonyl (C=O) groups excluding carboxylic acids is 3. The summed E-state index contributed by atoms with van der Waals surface area (Å²) < 4.78 is 16.1. The van der Waals surface area contributed by atoms with Crippen molar-refractivity contribution in [2.24, 2.45) is 4.99 Å². The highest BCUT2D eigenvalue weighted by Crippen LogP contribution is 2.41. The molecule has 3 N–H and O–H groups in total. The minimum Gasteiger partial charge on any atom is -0.444 e. The number of aliphatic imine (C=N–C) groups is 1. The maximum Gasteiger partial charge on any atom is 0.437 e. The highest BCUT2D eigenvalue weighted by Gasteiger charge is 2.46. The zero-order chi connectivity index (χ0) is 27.1. The number of carbonyl (C=O) groups is 3. The second-order valence-electron chi connectivity index (χ2n) is 11.8. The van der Waals surface area contributed by atoms with E-state index in [1.54, 1.807) is 46.4 Å². The maximum absolute atomic E-state index is 12.3. The van der Waals surface area contributed by atoms with Crippen LogP contribution in [0.2, 0.25) is 0 Å². The minimum atomic E-state index is -0.838. The molecule has 2 atom stereocenters. The number of aromatic nitrogens is 1. The molecule has 204 valence electrons. The van der Waals surface area contributed by atoms with E-state index in [0.29, 0.717) is 43.7 Å². The van der Waals surface area contributed by atoms with Crippen molar-refractivity contribution in [3.63, 3.8) is 0 Å². The van der Waals surface area contributed by atoms with E-state index in [0.717, 1.165) is 5.06 Å². The molecule has 13 nitrogen and oxygen atoms in total. The molecule has 2 aliphatic heterocycles. The van der Waals surface area contributed by atoms with Crippen molar-refractivity contribution in [3.8, 4) is 0 Å². The standard InChI is InChI=1S/C24H36N6O7/c1-23(2,3)35-20(31)26-19(27-21(32)36-24(4,5)6)25-14-9-13(10-14)18-11-16(28-37-18)17-8-7-15-12-29(17)22(33)30(15)34/h11,13-15,17,34H,7-10,12H2,1-6H3,(H2,25,26,27,31,32)/t13-,14+,15-,17-/m0/s1. The fourth-order valence-electron chi connectivity index (χ4n) is 4.65. The molecule has 1 aliphatic carbocycles. The molecule has 1 aromatic rings. The Balaban J connectivity index is 1.36. The van der Waals surface area contributed by atoms with Crippen molar-refractivity contribution < 1.29 is 33.6 Å². The zero-order valence-electron chi connectivity index (χ0n) is 22.1. The number of urea groups is 1. The molecule has 1 saturated carbocycles. The summed E-state index contributed by atoms with van der Waals surface area (Å²) in [4.78, 5) is 42.3. The number of piperidine rings is 1. The number of hydrogen-bond donors (Lipinski definition) is 3. The lowest BCUT2D eigenvalue weighted by atomic mass is 9.78. The molecule has 3 aliphatic rings. The van der Waals surface area contributed by atoms with Gasteiger partial charge >= 0.3 is 18.2 Å². The average Bonchev–Trinajstić information content (AvgIpc) is 3.28. The van der Waals surface area contributed by atoms with Gasteiger partial charge in [-0.3, -0.25) is 10.5 Å². The van der Waals surface area contributed by atoms with Crippen LogP contribution in [0, 0.1) is 0 Å². The number of ether oxygens (including phenoxy) is 2. The topological polar surface area (TPSA) is 159 Å². The smallest absolute Gasteiger partial charge is 0.437 e. The van der Waals surface area contributed by atoms with E-state index in [4.69, 9.17) is 14.0 Å². The van der Waals surface area contributed by atoms with Crippen molar-refractivity contribution in [2.45, 2.75) is 102 Å². The number of hydrogen-bond acceptors (Lipinski definition) is 8. The van der Waals surface area contributed by atoms with Crippen molar-refractivity contribution in [1.29, 1.82) is 0 Å².